The van der Waals surface area contributed by atoms with Gasteiger partial charge in [0.1, 0.15) is 5.76 Å². The first-order valence-electron chi connectivity index (χ1n) is 5.07. The van der Waals surface area contributed by atoms with Gasteiger partial charge in [-0.2, -0.15) is 0 Å². The van der Waals surface area contributed by atoms with Crippen molar-refractivity contribution in [3.63, 3.8) is 0 Å². The van der Waals surface area contributed by atoms with Crippen LogP contribution in [0.2, 0.25) is 0 Å². The number of furan rings is 1. The average Bonchev–Trinajstić information content (AvgIpc) is 2.68. The van der Waals surface area contributed by atoms with E-state index < -0.39 is 0 Å². The molecule has 0 fully saturated rings. The zero-order valence-corrected chi connectivity index (χ0v) is 10.6. The lowest BCUT2D eigenvalue weighted by Gasteiger charge is -2.09. The molecule has 0 aliphatic heterocycles. The van der Waals surface area contributed by atoms with Crippen LogP contribution in [0, 0.1) is 6.92 Å². The molecular weight excluding hydrogens is 268 g/mol. The molecule has 0 aromatic carbocycles. The van der Waals surface area contributed by atoms with Crippen LogP contribution in [-0.4, -0.2) is 4.98 Å². The summed E-state index contributed by atoms with van der Waals surface area (Å²) in [7, 11) is 0. The average molecular weight is 281 g/mol. The normalized spacial score (nSPS) is 12.7. The molecule has 16 heavy (non-hydrogen) atoms. The first kappa shape index (κ1) is 11.4. The summed E-state index contributed by atoms with van der Waals surface area (Å²) in [5.74, 6) is 0.838. The quantitative estimate of drug-likeness (QED) is 0.941. The van der Waals surface area contributed by atoms with Crippen LogP contribution < -0.4 is 5.73 Å². The molecule has 2 rings (SSSR count). The van der Waals surface area contributed by atoms with Gasteiger partial charge in [0.2, 0.25) is 0 Å². The third-order valence-corrected chi connectivity index (χ3v) is 2.93. The predicted octanol–water partition coefficient (Wildman–Crippen LogP) is 2.99. The summed E-state index contributed by atoms with van der Waals surface area (Å²) in [5, 5.41) is 0. The lowest BCUT2D eigenvalue weighted by molar-refractivity contribution is 0.460. The van der Waals surface area contributed by atoms with Crippen LogP contribution in [0.5, 0.6) is 0 Å². The fourth-order valence-corrected chi connectivity index (χ4v) is 1.84. The van der Waals surface area contributed by atoms with Gasteiger partial charge in [0, 0.05) is 22.8 Å². The van der Waals surface area contributed by atoms with E-state index in [4.69, 9.17) is 10.2 Å². The number of hydrogen-bond donors (Lipinski definition) is 1. The number of aryl methyl sites for hydroxylation is 1. The topological polar surface area (TPSA) is 52.0 Å². The maximum Gasteiger partial charge on any atom is 0.123 e. The Kier molecular flexibility index (Phi) is 3.41. The first-order valence-corrected chi connectivity index (χ1v) is 5.86. The number of aromatic nitrogens is 1. The Morgan fingerprint density at radius 1 is 1.44 bits per heavy atom. The summed E-state index contributed by atoms with van der Waals surface area (Å²) >= 11 is 3.35. The maximum atomic E-state index is 6.06. The lowest BCUT2D eigenvalue weighted by Crippen LogP contribution is -2.14. The molecule has 2 aromatic heterocycles. The molecule has 2 N–H and O–H groups in total. The number of halogens is 1. The molecule has 1 atom stereocenters. The summed E-state index contributed by atoms with van der Waals surface area (Å²) in [6, 6.07) is 5.71. The van der Waals surface area contributed by atoms with Gasteiger partial charge in [0.15, 0.2) is 0 Å². The van der Waals surface area contributed by atoms with Gasteiger partial charge >= 0.3 is 0 Å². The van der Waals surface area contributed by atoms with Crippen molar-refractivity contribution in [1.82, 2.24) is 4.98 Å². The number of nitrogens with two attached hydrogens (primary N) is 1. The monoisotopic (exact) mass is 280 g/mol. The Labute approximate surface area is 103 Å². The van der Waals surface area contributed by atoms with Gasteiger partial charge in [-0.25, -0.2) is 0 Å². The van der Waals surface area contributed by atoms with E-state index >= 15 is 0 Å². The zero-order chi connectivity index (χ0) is 11.5. The molecule has 2 aromatic rings. The Morgan fingerprint density at radius 3 is 2.81 bits per heavy atom. The van der Waals surface area contributed by atoms with Gasteiger partial charge in [0.25, 0.3) is 0 Å². The van der Waals surface area contributed by atoms with Crippen molar-refractivity contribution in [1.29, 1.82) is 0 Å². The highest BCUT2D eigenvalue weighted by atomic mass is 79.9. The molecule has 0 bridgehead atoms. The third-order valence-electron chi connectivity index (χ3n) is 2.46. The largest absolute Gasteiger partial charge is 0.467 e. The molecule has 0 amide bonds. The minimum Gasteiger partial charge on any atom is -0.467 e. The molecule has 0 spiro atoms. The van der Waals surface area contributed by atoms with Crippen molar-refractivity contribution >= 4 is 15.9 Å². The molecule has 0 aliphatic rings. The van der Waals surface area contributed by atoms with Gasteiger partial charge in [-0.1, -0.05) is 0 Å². The number of nitrogens with zero attached hydrogens (tertiary/aromatic N) is 1. The Morgan fingerprint density at radius 2 is 2.25 bits per heavy atom. The van der Waals surface area contributed by atoms with Crippen molar-refractivity contribution in [2.75, 3.05) is 0 Å². The summed E-state index contributed by atoms with van der Waals surface area (Å²) in [5.41, 5.74) is 8.12. The molecule has 0 aliphatic carbocycles. The molecule has 2 heterocycles. The van der Waals surface area contributed by atoms with Crippen LogP contribution in [0.4, 0.5) is 0 Å². The van der Waals surface area contributed by atoms with Crippen LogP contribution in [0.25, 0.3) is 0 Å². The summed E-state index contributed by atoms with van der Waals surface area (Å²) in [6.45, 7) is 1.99. The Bertz CT molecular complexity index is 464. The molecule has 1 unspecified atom stereocenters. The van der Waals surface area contributed by atoms with Crippen molar-refractivity contribution in [2.45, 2.75) is 19.4 Å². The maximum absolute atomic E-state index is 6.06. The van der Waals surface area contributed by atoms with Crippen LogP contribution in [0.15, 0.2) is 39.5 Å². The number of pyridine rings is 1. The van der Waals surface area contributed by atoms with Gasteiger partial charge in [-0.3, -0.25) is 4.98 Å². The van der Waals surface area contributed by atoms with Crippen LogP contribution in [0.1, 0.15) is 23.1 Å². The second kappa shape index (κ2) is 4.80. The van der Waals surface area contributed by atoms with Crippen molar-refractivity contribution in [3.8, 4) is 0 Å². The SMILES string of the molecule is Cc1ccoc1C(N)Cc1ccc(Br)cn1. The minimum atomic E-state index is -0.135. The van der Waals surface area contributed by atoms with E-state index in [9.17, 15) is 0 Å². The van der Waals surface area contributed by atoms with E-state index in [0.717, 1.165) is 21.5 Å². The molecule has 84 valence electrons. The smallest absolute Gasteiger partial charge is 0.123 e. The Balaban J connectivity index is 2.10. The van der Waals surface area contributed by atoms with Crippen LogP contribution in [0.3, 0.4) is 0 Å². The van der Waals surface area contributed by atoms with E-state index in [1.165, 1.54) is 0 Å². The number of rotatable bonds is 3. The molecule has 4 heteroatoms. The van der Waals surface area contributed by atoms with Gasteiger partial charge < -0.3 is 10.2 Å². The highest BCUT2D eigenvalue weighted by Crippen LogP contribution is 2.20. The fourth-order valence-electron chi connectivity index (χ4n) is 1.61. The summed E-state index contributed by atoms with van der Waals surface area (Å²) in [6.07, 6.45) is 4.12. The van der Waals surface area contributed by atoms with E-state index in [-0.39, 0.29) is 6.04 Å². The second-order valence-electron chi connectivity index (χ2n) is 3.75. The number of hydrogen-bond acceptors (Lipinski definition) is 3. The second-order valence-corrected chi connectivity index (χ2v) is 4.66. The molecule has 3 nitrogen and oxygen atoms in total. The van der Waals surface area contributed by atoms with Crippen LogP contribution in [-0.2, 0) is 6.42 Å². The minimum absolute atomic E-state index is 0.135. The fraction of sp³-hybridized carbons (Fsp3) is 0.250. The van der Waals surface area contributed by atoms with Crippen LogP contribution >= 0.6 is 15.9 Å². The van der Waals surface area contributed by atoms with E-state index in [1.807, 2.05) is 25.1 Å². The standard InChI is InChI=1S/C12H13BrN2O/c1-8-4-5-16-12(8)11(14)6-10-3-2-9(13)7-15-10/h2-5,7,11H,6,14H2,1H3. The van der Waals surface area contributed by atoms with Crippen molar-refractivity contribution in [3.05, 3.63) is 52.1 Å². The summed E-state index contributed by atoms with van der Waals surface area (Å²) in [4.78, 5) is 4.29. The zero-order valence-electron chi connectivity index (χ0n) is 8.98. The summed E-state index contributed by atoms with van der Waals surface area (Å²) < 4.78 is 6.33. The van der Waals surface area contributed by atoms with Crippen molar-refractivity contribution in [2.24, 2.45) is 5.73 Å². The molecule has 0 radical (unpaired) electrons. The Hall–Kier alpha value is -1.13. The molecular formula is C12H13BrN2O. The third kappa shape index (κ3) is 2.51. The van der Waals surface area contributed by atoms with E-state index in [1.54, 1.807) is 12.5 Å². The van der Waals surface area contributed by atoms with Gasteiger partial charge in [0.05, 0.1) is 12.3 Å². The van der Waals surface area contributed by atoms with Crippen molar-refractivity contribution < 1.29 is 4.42 Å². The lowest BCUT2D eigenvalue weighted by atomic mass is 10.1. The molecule has 0 saturated carbocycles. The predicted molar refractivity (Wildman–Crippen MR) is 66.0 cm³/mol. The van der Waals surface area contributed by atoms with E-state index in [0.29, 0.717) is 6.42 Å². The van der Waals surface area contributed by atoms with Gasteiger partial charge in [-0.05, 0) is 46.6 Å². The highest BCUT2D eigenvalue weighted by Gasteiger charge is 2.13. The molecule has 0 saturated heterocycles. The van der Waals surface area contributed by atoms with E-state index in [2.05, 4.69) is 20.9 Å². The highest BCUT2D eigenvalue weighted by molar-refractivity contribution is 9.10. The first-order chi connectivity index (χ1) is 7.66. The van der Waals surface area contributed by atoms with Gasteiger partial charge in [-0.15, -0.1) is 0 Å².